The van der Waals surface area contributed by atoms with Crippen LogP contribution in [0.5, 0.6) is 0 Å². The van der Waals surface area contributed by atoms with Gasteiger partial charge in [-0.25, -0.2) is 13.5 Å². The Labute approximate surface area is 77.6 Å². The van der Waals surface area contributed by atoms with Crippen molar-refractivity contribution in [1.82, 2.24) is 0 Å². The third-order valence-corrected chi connectivity index (χ3v) is 1.00. The maximum atomic E-state index is 12.1. The summed E-state index contributed by atoms with van der Waals surface area (Å²) in [6.45, 7) is 0. The lowest BCUT2D eigenvalue weighted by Gasteiger charge is -2.20. The Morgan fingerprint density at radius 3 is 1.27 bits per heavy atom. The van der Waals surface area contributed by atoms with Crippen molar-refractivity contribution >= 4 is 0 Å². The molecule has 0 amide bonds. The van der Waals surface area contributed by atoms with Gasteiger partial charge in [0.2, 0.25) is 11.7 Å². The van der Waals surface area contributed by atoms with Crippen LogP contribution in [0.15, 0.2) is 24.3 Å². The molecule has 0 fully saturated rings. The van der Waals surface area contributed by atoms with Gasteiger partial charge in [-0.2, -0.15) is 26.3 Å². The van der Waals surface area contributed by atoms with Crippen molar-refractivity contribution in [1.29, 1.82) is 0 Å². The number of rotatable bonds is 4. The van der Waals surface area contributed by atoms with Crippen LogP contribution in [0.1, 0.15) is 0 Å². The Bertz CT molecular complexity index is 253. The molecule has 0 aliphatic heterocycles. The van der Waals surface area contributed by atoms with Crippen molar-refractivity contribution in [3.05, 3.63) is 24.3 Å². The van der Waals surface area contributed by atoms with Gasteiger partial charge >= 0.3 is 12.2 Å². The maximum Gasteiger partial charge on any atom is 0.416 e. The Balaban J connectivity index is 4.88. The number of hydrogen-bond acceptors (Lipinski definition) is 1. The van der Waals surface area contributed by atoms with Crippen LogP contribution < -0.4 is 0 Å². The first-order chi connectivity index (χ1) is 6.67. The monoisotopic (exact) mass is 242 g/mol. The average molecular weight is 242 g/mol. The van der Waals surface area contributed by atoms with Gasteiger partial charge in [-0.3, -0.25) is 0 Å². The van der Waals surface area contributed by atoms with Crippen molar-refractivity contribution < 1.29 is 39.9 Å². The summed E-state index contributed by atoms with van der Waals surface area (Å²) in [6, 6.07) is 0. The summed E-state index contributed by atoms with van der Waals surface area (Å²) in [5.41, 5.74) is 0. The highest BCUT2D eigenvalue weighted by Crippen LogP contribution is 2.37. The summed E-state index contributed by atoms with van der Waals surface area (Å²) in [5.74, 6) is -6.01. The lowest BCUT2D eigenvalue weighted by Crippen LogP contribution is -2.34. The zero-order valence-electron chi connectivity index (χ0n) is 6.59. The lowest BCUT2D eigenvalue weighted by atomic mass is 10.5. The van der Waals surface area contributed by atoms with E-state index in [1.807, 2.05) is 0 Å². The molecule has 0 N–H and O–H groups in total. The Morgan fingerprint density at radius 2 is 1.07 bits per heavy atom. The number of hydrogen-bond donors (Lipinski definition) is 0. The van der Waals surface area contributed by atoms with Crippen LogP contribution in [-0.2, 0) is 4.74 Å². The first kappa shape index (κ1) is 13.9. The molecule has 0 aromatic heterocycles. The van der Waals surface area contributed by atoms with E-state index in [2.05, 4.69) is 4.74 Å². The predicted octanol–water partition coefficient (Wildman–Crippen LogP) is 3.75. The molecular weight excluding hydrogens is 240 g/mol. The largest absolute Gasteiger partial charge is 0.416 e. The predicted molar refractivity (Wildman–Crippen MR) is 31.6 cm³/mol. The van der Waals surface area contributed by atoms with Crippen LogP contribution in [0.2, 0.25) is 0 Å². The highest BCUT2D eigenvalue weighted by Gasteiger charge is 2.51. The van der Waals surface area contributed by atoms with E-state index in [0.29, 0.717) is 0 Å². The van der Waals surface area contributed by atoms with E-state index in [1.54, 1.807) is 0 Å². The molecule has 0 spiro atoms. The van der Waals surface area contributed by atoms with Crippen molar-refractivity contribution in [3.63, 3.8) is 0 Å². The van der Waals surface area contributed by atoms with Crippen molar-refractivity contribution in [2.45, 2.75) is 12.2 Å². The molecular formula is C6H2F8O. The van der Waals surface area contributed by atoms with Crippen LogP contribution in [0.3, 0.4) is 0 Å². The molecule has 1 nitrogen and oxygen atoms in total. The molecule has 0 heterocycles. The van der Waals surface area contributed by atoms with Crippen LogP contribution in [-0.4, -0.2) is 12.2 Å². The highest BCUT2D eigenvalue weighted by atomic mass is 19.3. The normalized spacial score (nSPS) is 15.7. The molecule has 0 aliphatic rings. The number of alkyl halides is 4. The molecule has 0 bridgehead atoms. The van der Waals surface area contributed by atoms with E-state index < -0.39 is 36.5 Å². The van der Waals surface area contributed by atoms with E-state index in [-0.39, 0.29) is 0 Å². The number of ether oxygens (including phenoxy) is 1. The molecule has 0 rings (SSSR count). The van der Waals surface area contributed by atoms with Gasteiger partial charge in [0.25, 0.3) is 0 Å². The lowest BCUT2D eigenvalue weighted by molar-refractivity contribution is -0.353. The fourth-order valence-electron chi connectivity index (χ4n) is 0.386. The second kappa shape index (κ2) is 4.60. The standard InChI is InChI=1S/C6H2F8O/c7-1-3(9)5(11,12)15-6(13,14)4(10)2-8/h1-2H. The first-order valence-corrected chi connectivity index (χ1v) is 3.06. The van der Waals surface area contributed by atoms with Gasteiger partial charge in [-0.15, -0.1) is 0 Å². The molecule has 15 heavy (non-hydrogen) atoms. The fourth-order valence-corrected chi connectivity index (χ4v) is 0.386. The molecule has 9 heteroatoms. The van der Waals surface area contributed by atoms with Crippen molar-refractivity contribution in [2.75, 3.05) is 0 Å². The van der Waals surface area contributed by atoms with E-state index in [9.17, 15) is 35.1 Å². The zero-order valence-corrected chi connectivity index (χ0v) is 6.59. The average Bonchev–Trinajstić information content (AvgIpc) is 2.13. The van der Waals surface area contributed by atoms with Gasteiger partial charge < -0.3 is 0 Å². The SMILES string of the molecule is FC=C(F)C(F)(F)OC(F)(F)C(F)=CF. The minimum absolute atomic E-state index is 1.35. The van der Waals surface area contributed by atoms with Crippen LogP contribution in [0.4, 0.5) is 35.1 Å². The van der Waals surface area contributed by atoms with Crippen LogP contribution in [0.25, 0.3) is 0 Å². The van der Waals surface area contributed by atoms with Crippen molar-refractivity contribution in [3.8, 4) is 0 Å². The van der Waals surface area contributed by atoms with Gasteiger partial charge in [0.1, 0.15) is 12.7 Å². The van der Waals surface area contributed by atoms with Crippen LogP contribution in [0, 0.1) is 0 Å². The minimum Gasteiger partial charge on any atom is -0.243 e. The van der Waals surface area contributed by atoms with E-state index in [0.717, 1.165) is 0 Å². The zero-order chi connectivity index (χ0) is 12.3. The second-order valence-corrected chi connectivity index (χ2v) is 2.05. The molecule has 0 aromatic rings. The van der Waals surface area contributed by atoms with Gasteiger partial charge in [0, 0.05) is 0 Å². The topological polar surface area (TPSA) is 9.23 Å². The highest BCUT2D eigenvalue weighted by molar-refractivity contribution is 5.00. The van der Waals surface area contributed by atoms with Gasteiger partial charge in [0.15, 0.2) is 0 Å². The molecule has 0 aliphatic carbocycles. The molecule has 0 atom stereocenters. The third kappa shape index (κ3) is 3.50. The summed E-state index contributed by atoms with van der Waals surface area (Å²) in [5, 5.41) is 0. The third-order valence-electron chi connectivity index (χ3n) is 1.00. The molecule has 0 unspecified atom stereocenters. The number of halogens is 8. The molecule has 0 saturated heterocycles. The molecule has 88 valence electrons. The van der Waals surface area contributed by atoms with E-state index in [1.165, 1.54) is 0 Å². The van der Waals surface area contributed by atoms with Gasteiger partial charge in [-0.1, -0.05) is 0 Å². The summed E-state index contributed by atoms with van der Waals surface area (Å²) in [6.07, 6.45) is -13.5. The van der Waals surface area contributed by atoms with Gasteiger partial charge in [-0.05, 0) is 0 Å². The minimum atomic E-state index is -5.40. The molecule has 0 saturated carbocycles. The molecule has 0 aromatic carbocycles. The Hall–Kier alpha value is -1.12. The summed E-state index contributed by atoms with van der Waals surface area (Å²) >= 11 is 0. The first-order valence-electron chi connectivity index (χ1n) is 3.06. The van der Waals surface area contributed by atoms with Crippen molar-refractivity contribution in [2.24, 2.45) is 0 Å². The van der Waals surface area contributed by atoms with Crippen LogP contribution >= 0.6 is 0 Å². The fraction of sp³-hybridized carbons (Fsp3) is 0.333. The Kier molecular flexibility index (Phi) is 4.26. The van der Waals surface area contributed by atoms with E-state index >= 15 is 0 Å². The van der Waals surface area contributed by atoms with Gasteiger partial charge in [0.05, 0.1) is 0 Å². The Morgan fingerprint density at radius 1 is 0.800 bits per heavy atom. The summed E-state index contributed by atoms with van der Waals surface area (Å²) in [7, 11) is 0. The quantitative estimate of drug-likeness (QED) is 0.682. The smallest absolute Gasteiger partial charge is 0.243 e. The maximum absolute atomic E-state index is 12.1. The summed E-state index contributed by atoms with van der Waals surface area (Å²) in [4.78, 5) is 0. The second-order valence-electron chi connectivity index (χ2n) is 2.05. The summed E-state index contributed by atoms with van der Waals surface area (Å²) < 4.78 is 96.9. The molecule has 0 radical (unpaired) electrons. The van der Waals surface area contributed by atoms with E-state index in [4.69, 9.17) is 0 Å².